The Morgan fingerprint density at radius 3 is 2.42 bits per heavy atom. The zero-order chi connectivity index (χ0) is 19.6. The Balaban J connectivity index is 0.000000765. The molecule has 142 valence electrons. The second-order valence-electron chi connectivity index (χ2n) is 4.45. The van der Waals surface area contributed by atoms with Gasteiger partial charge in [0.1, 0.15) is 6.61 Å². The number of aromatic nitrogens is 1. The van der Waals surface area contributed by atoms with Crippen LogP contribution in [0.15, 0.2) is 40.9 Å². The van der Waals surface area contributed by atoms with Crippen LogP contribution in [0.2, 0.25) is 0 Å². The molecule has 1 aromatic carbocycles. The first-order chi connectivity index (χ1) is 12.3. The van der Waals surface area contributed by atoms with Crippen LogP contribution in [0.5, 0.6) is 11.8 Å². The summed E-state index contributed by atoms with van der Waals surface area (Å²) in [7, 11) is 1.77. The van der Waals surface area contributed by atoms with Crippen molar-refractivity contribution < 1.29 is 27.4 Å². The molecule has 11 heteroatoms. The van der Waals surface area contributed by atoms with Gasteiger partial charge in [0.05, 0.1) is 0 Å². The highest BCUT2D eigenvalue weighted by molar-refractivity contribution is 9.10. The number of hydrogen-bond acceptors (Lipinski definition) is 6. The van der Waals surface area contributed by atoms with E-state index in [-0.39, 0.29) is 12.5 Å². The Morgan fingerprint density at radius 2 is 1.85 bits per heavy atom. The lowest BCUT2D eigenvalue weighted by Gasteiger charge is -2.13. The summed E-state index contributed by atoms with van der Waals surface area (Å²) in [5, 5.41) is 3.01. The van der Waals surface area contributed by atoms with Crippen molar-refractivity contribution >= 4 is 28.0 Å². The number of nitrogens with zero attached hydrogens (tertiary/aromatic N) is 1. The second-order valence-corrected chi connectivity index (χ2v) is 5.31. The molecule has 1 amide bonds. The smallest absolute Gasteiger partial charge is 0.473 e. The molecule has 1 aromatic heterocycles. The minimum atomic E-state index is -4.78. The highest BCUT2D eigenvalue weighted by Gasteiger charge is 2.31. The van der Waals surface area contributed by atoms with Gasteiger partial charge in [-0.05, 0) is 12.1 Å². The number of amides is 1. The predicted octanol–water partition coefficient (Wildman–Crippen LogP) is 2.97. The lowest BCUT2D eigenvalue weighted by molar-refractivity contribution is -0.276. The molecule has 0 saturated heterocycles. The van der Waals surface area contributed by atoms with E-state index in [0.717, 1.165) is 21.8 Å². The molecule has 2 rings (SSSR count). The largest absolute Gasteiger partial charge is 0.574 e. The lowest BCUT2D eigenvalue weighted by Crippen LogP contribution is -2.18. The van der Waals surface area contributed by atoms with Crippen LogP contribution in [0.4, 0.5) is 18.9 Å². The maximum absolute atomic E-state index is 12.2. The Morgan fingerprint density at radius 1 is 1.23 bits per heavy atom. The van der Waals surface area contributed by atoms with Gasteiger partial charge in [-0.1, -0.05) is 28.1 Å². The zero-order valence-corrected chi connectivity index (χ0v) is 15.1. The van der Waals surface area contributed by atoms with Gasteiger partial charge in [0.15, 0.2) is 0 Å². The fraction of sp³-hybridized carbons (Fsp3) is 0.200. The number of halogens is 4. The summed E-state index contributed by atoms with van der Waals surface area (Å²) < 4.78 is 46.5. The van der Waals surface area contributed by atoms with Crippen LogP contribution >= 0.6 is 15.9 Å². The monoisotopic (exact) mass is 436 g/mol. The molecule has 4 N–H and O–H groups in total. The molecule has 0 aliphatic heterocycles. The molecule has 26 heavy (non-hydrogen) atoms. The third-order valence-electron chi connectivity index (χ3n) is 2.74. The Labute approximate surface area is 155 Å². The van der Waals surface area contributed by atoms with Gasteiger partial charge in [-0.15, -0.1) is 13.2 Å². The molecule has 0 aliphatic rings. The maximum atomic E-state index is 12.2. The third kappa shape index (κ3) is 7.57. The predicted molar refractivity (Wildman–Crippen MR) is 92.3 cm³/mol. The maximum Gasteiger partial charge on any atom is 0.574 e. The van der Waals surface area contributed by atoms with Gasteiger partial charge in [-0.25, -0.2) is 5.84 Å². The standard InChI is InChI=1S/C14H12BrF3N2O2.CH4N2O/c1-19-11-5-2-4-10(15)9(11)8-21-12-6-3-7-13(20-12)22-14(16,17)18;2-3-1-4/h2-7,19H,8H2,1H3;1H,2H2,(H,3,4). The molecule has 0 saturated carbocycles. The number of carbonyl (C=O) groups is 1. The van der Waals surface area contributed by atoms with E-state index in [0.29, 0.717) is 6.41 Å². The van der Waals surface area contributed by atoms with Crippen molar-refractivity contribution in [2.45, 2.75) is 13.0 Å². The average molecular weight is 437 g/mol. The normalized spacial score (nSPS) is 10.2. The van der Waals surface area contributed by atoms with Crippen LogP contribution < -0.4 is 26.1 Å². The average Bonchev–Trinajstić information content (AvgIpc) is 2.59. The van der Waals surface area contributed by atoms with Crippen molar-refractivity contribution in [3.05, 3.63) is 46.4 Å². The Hall–Kier alpha value is -2.53. The molecule has 2 aromatic rings. The van der Waals surface area contributed by atoms with E-state index >= 15 is 0 Å². The summed E-state index contributed by atoms with van der Waals surface area (Å²) in [5.74, 6) is 3.89. The molecule has 0 fully saturated rings. The van der Waals surface area contributed by atoms with Crippen molar-refractivity contribution in [3.63, 3.8) is 0 Å². The van der Waals surface area contributed by atoms with Crippen LogP contribution in [0, 0.1) is 0 Å². The van der Waals surface area contributed by atoms with Crippen LogP contribution in [-0.4, -0.2) is 24.8 Å². The summed E-state index contributed by atoms with van der Waals surface area (Å²) in [6, 6.07) is 9.51. The summed E-state index contributed by atoms with van der Waals surface area (Å²) in [6.07, 6.45) is -4.38. The minimum absolute atomic E-state index is 0.0413. The number of hydrogen-bond donors (Lipinski definition) is 3. The first kappa shape index (κ1) is 21.5. The number of benzene rings is 1. The Kier molecular flexibility index (Phi) is 8.65. The quantitative estimate of drug-likeness (QED) is 0.278. The van der Waals surface area contributed by atoms with Gasteiger partial charge in [0.2, 0.25) is 18.2 Å². The molecule has 0 spiro atoms. The van der Waals surface area contributed by atoms with E-state index in [4.69, 9.17) is 9.53 Å². The molecule has 0 unspecified atom stereocenters. The summed E-state index contributed by atoms with van der Waals surface area (Å²) in [5.41, 5.74) is 3.42. The van der Waals surface area contributed by atoms with Crippen LogP contribution in [-0.2, 0) is 11.4 Å². The van der Waals surface area contributed by atoms with Crippen molar-refractivity contribution in [2.24, 2.45) is 5.84 Å². The van der Waals surface area contributed by atoms with Crippen molar-refractivity contribution in [1.82, 2.24) is 10.4 Å². The Bertz CT molecular complexity index is 717. The first-order valence-corrected chi connectivity index (χ1v) is 7.80. The van der Waals surface area contributed by atoms with E-state index in [1.165, 1.54) is 12.1 Å². The first-order valence-electron chi connectivity index (χ1n) is 7.01. The third-order valence-corrected chi connectivity index (χ3v) is 3.48. The van der Waals surface area contributed by atoms with Crippen molar-refractivity contribution in [2.75, 3.05) is 12.4 Å². The highest BCUT2D eigenvalue weighted by Crippen LogP contribution is 2.27. The fourth-order valence-electron chi connectivity index (χ4n) is 1.74. The lowest BCUT2D eigenvalue weighted by atomic mass is 10.2. The van der Waals surface area contributed by atoms with Gasteiger partial charge >= 0.3 is 6.36 Å². The van der Waals surface area contributed by atoms with Crippen LogP contribution in [0.25, 0.3) is 0 Å². The number of anilines is 1. The topological polar surface area (TPSA) is 98.5 Å². The summed E-state index contributed by atoms with van der Waals surface area (Å²) in [6.45, 7) is 0.139. The molecular formula is C15H16BrF3N4O3. The fourth-order valence-corrected chi connectivity index (χ4v) is 2.22. The molecule has 7 nitrogen and oxygen atoms in total. The zero-order valence-electron chi connectivity index (χ0n) is 13.5. The van der Waals surface area contributed by atoms with E-state index in [1.807, 2.05) is 18.2 Å². The van der Waals surface area contributed by atoms with E-state index in [2.05, 4.69) is 36.8 Å². The number of nitrogens with two attached hydrogens (primary N) is 1. The van der Waals surface area contributed by atoms with Crippen molar-refractivity contribution in [1.29, 1.82) is 0 Å². The van der Waals surface area contributed by atoms with Crippen LogP contribution in [0.3, 0.4) is 0 Å². The highest BCUT2D eigenvalue weighted by atomic mass is 79.9. The number of pyridine rings is 1. The van der Waals surface area contributed by atoms with Gasteiger partial charge < -0.3 is 14.8 Å². The van der Waals surface area contributed by atoms with Gasteiger partial charge in [0, 0.05) is 34.9 Å². The van der Waals surface area contributed by atoms with Gasteiger partial charge in [-0.2, -0.15) is 4.98 Å². The molecule has 0 bridgehead atoms. The number of rotatable bonds is 6. The van der Waals surface area contributed by atoms with E-state index in [9.17, 15) is 13.2 Å². The number of ether oxygens (including phenoxy) is 2. The molecule has 1 heterocycles. The molecule has 0 atom stereocenters. The minimum Gasteiger partial charge on any atom is -0.473 e. The van der Waals surface area contributed by atoms with Gasteiger partial charge in [-0.3, -0.25) is 10.2 Å². The number of alkyl halides is 3. The summed E-state index contributed by atoms with van der Waals surface area (Å²) in [4.78, 5) is 12.6. The van der Waals surface area contributed by atoms with Gasteiger partial charge in [0.25, 0.3) is 0 Å². The molecule has 0 aliphatic carbocycles. The second kappa shape index (κ2) is 10.5. The number of carbonyl (C=O) groups excluding carboxylic acids is 1. The molecular weight excluding hydrogens is 421 g/mol. The number of nitrogens with one attached hydrogen (secondary N) is 2. The summed E-state index contributed by atoms with van der Waals surface area (Å²) >= 11 is 3.40. The van der Waals surface area contributed by atoms with E-state index < -0.39 is 12.2 Å². The van der Waals surface area contributed by atoms with Crippen molar-refractivity contribution in [3.8, 4) is 11.8 Å². The molecule has 0 radical (unpaired) electrons. The SMILES string of the molecule is CNc1cccc(Br)c1COc1cccc(OC(F)(F)F)n1.NNC=O. The van der Waals surface area contributed by atoms with E-state index in [1.54, 1.807) is 12.5 Å². The number of hydrazine groups is 1. The van der Waals surface area contributed by atoms with Crippen LogP contribution in [0.1, 0.15) is 5.56 Å².